The first-order valence-corrected chi connectivity index (χ1v) is 7.27. The zero-order valence-electron chi connectivity index (χ0n) is 12.0. The van der Waals surface area contributed by atoms with E-state index in [4.69, 9.17) is 0 Å². The molecule has 5 nitrogen and oxygen atoms in total. The lowest BCUT2D eigenvalue weighted by Gasteiger charge is -2.45. The molecule has 4 amide bonds. The average Bonchev–Trinajstić information content (AvgIpc) is 2.42. The summed E-state index contributed by atoms with van der Waals surface area (Å²) in [5.41, 5.74) is 0.0854. The van der Waals surface area contributed by atoms with Gasteiger partial charge in [-0.25, -0.2) is 4.79 Å². The van der Waals surface area contributed by atoms with Gasteiger partial charge in [-0.15, -0.1) is 0 Å². The first-order valence-electron chi connectivity index (χ1n) is 7.27. The molecule has 1 saturated heterocycles. The lowest BCUT2D eigenvalue weighted by atomic mass is 9.66. The Labute approximate surface area is 123 Å². The fourth-order valence-electron chi connectivity index (χ4n) is 3.03. The van der Waals surface area contributed by atoms with Gasteiger partial charge in [0.1, 0.15) is 5.41 Å². The number of hydrogen-bond donors (Lipinski definition) is 1. The number of carbonyl (C=O) groups excluding carboxylic acids is 3. The molecule has 1 atom stereocenters. The Morgan fingerprint density at radius 1 is 1.19 bits per heavy atom. The van der Waals surface area contributed by atoms with Gasteiger partial charge in [0.05, 0.1) is 0 Å². The summed E-state index contributed by atoms with van der Waals surface area (Å²) in [7, 11) is 0. The zero-order chi connectivity index (χ0) is 15.0. The number of nitrogens with zero attached hydrogens (tertiary/aromatic N) is 1. The third-order valence-electron chi connectivity index (χ3n) is 4.59. The summed E-state index contributed by atoms with van der Waals surface area (Å²) in [6.07, 6.45) is 1.94. The average molecular weight is 286 g/mol. The molecular formula is C16H18N2O3. The van der Waals surface area contributed by atoms with Crippen molar-refractivity contribution in [2.45, 2.75) is 32.1 Å². The molecule has 0 radical (unpaired) electrons. The van der Waals surface area contributed by atoms with E-state index >= 15 is 0 Å². The van der Waals surface area contributed by atoms with Gasteiger partial charge in [-0.05, 0) is 24.3 Å². The highest BCUT2D eigenvalue weighted by molar-refractivity contribution is 6.19. The lowest BCUT2D eigenvalue weighted by Crippen LogP contribution is -2.66. The van der Waals surface area contributed by atoms with Crippen LogP contribution in [-0.4, -0.2) is 29.3 Å². The minimum atomic E-state index is -0.982. The van der Waals surface area contributed by atoms with Crippen LogP contribution in [0, 0.1) is 5.41 Å². The molecule has 21 heavy (non-hydrogen) atoms. The maximum atomic E-state index is 12.6. The predicted octanol–water partition coefficient (Wildman–Crippen LogP) is 2.04. The molecule has 2 aliphatic rings. The van der Waals surface area contributed by atoms with E-state index in [2.05, 4.69) is 5.32 Å². The summed E-state index contributed by atoms with van der Waals surface area (Å²) in [5.74, 6) is -0.719. The topological polar surface area (TPSA) is 66.5 Å². The second-order valence-electron chi connectivity index (χ2n) is 5.92. The number of rotatable bonds is 3. The van der Waals surface area contributed by atoms with E-state index < -0.39 is 17.4 Å². The molecule has 3 rings (SSSR count). The van der Waals surface area contributed by atoms with Crippen LogP contribution in [0.4, 0.5) is 4.79 Å². The highest BCUT2D eigenvalue weighted by Crippen LogP contribution is 2.44. The number of hydrogen-bond acceptors (Lipinski definition) is 3. The van der Waals surface area contributed by atoms with Crippen molar-refractivity contribution in [3.05, 3.63) is 35.9 Å². The third-order valence-corrected chi connectivity index (χ3v) is 4.59. The Morgan fingerprint density at radius 2 is 1.86 bits per heavy atom. The maximum Gasteiger partial charge on any atom is 0.330 e. The van der Waals surface area contributed by atoms with Crippen LogP contribution in [0.1, 0.15) is 37.7 Å². The van der Waals surface area contributed by atoms with E-state index in [1.165, 1.54) is 4.90 Å². The van der Waals surface area contributed by atoms with Gasteiger partial charge in [-0.2, -0.15) is 0 Å². The van der Waals surface area contributed by atoms with E-state index in [1.54, 1.807) is 0 Å². The van der Waals surface area contributed by atoms with Gasteiger partial charge in [0.2, 0.25) is 11.8 Å². The van der Waals surface area contributed by atoms with E-state index in [0.717, 1.165) is 12.0 Å². The molecule has 1 spiro atoms. The molecule has 1 aliphatic carbocycles. The number of nitrogens with one attached hydrogen (secondary N) is 1. The number of amides is 4. The van der Waals surface area contributed by atoms with E-state index in [-0.39, 0.29) is 11.8 Å². The predicted molar refractivity (Wildman–Crippen MR) is 76.4 cm³/mol. The summed E-state index contributed by atoms with van der Waals surface area (Å²) in [6.45, 7) is 2.27. The maximum absolute atomic E-state index is 12.6. The summed E-state index contributed by atoms with van der Waals surface area (Å²) in [4.78, 5) is 37.7. The van der Waals surface area contributed by atoms with Crippen LogP contribution < -0.4 is 5.32 Å². The SMILES string of the molecule is CC(CN1C(=O)NC(=O)C2(CCC2)C1=O)c1ccccc1. The number of imide groups is 2. The zero-order valence-corrected chi connectivity index (χ0v) is 12.0. The highest BCUT2D eigenvalue weighted by Gasteiger charge is 2.57. The Hall–Kier alpha value is -2.17. The van der Waals surface area contributed by atoms with Crippen LogP contribution in [-0.2, 0) is 9.59 Å². The minimum Gasteiger partial charge on any atom is -0.277 e. The molecule has 1 aliphatic heterocycles. The van der Waals surface area contributed by atoms with Crippen LogP contribution in [0.3, 0.4) is 0 Å². The monoisotopic (exact) mass is 286 g/mol. The van der Waals surface area contributed by atoms with Crippen molar-refractivity contribution in [1.29, 1.82) is 0 Å². The Kier molecular flexibility index (Phi) is 3.27. The first-order chi connectivity index (χ1) is 10.0. The molecule has 5 heteroatoms. The van der Waals surface area contributed by atoms with E-state index in [1.807, 2.05) is 37.3 Å². The van der Waals surface area contributed by atoms with Crippen molar-refractivity contribution in [3.63, 3.8) is 0 Å². The Balaban J connectivity index is 1.79. The van der Waals surface area contributed by atoms with Gasteiger partial charge < -0.3 is 0 Å². The van der Waals surface area contributed by atoms with Crippen LogP contribution in [0.15, 0.2) is 30.3 Å². The van der Waals surface area contributed by atoms with Crippen molar-refractivity contribution in [2.75, 3.05) is 6.54 Å². The van der Waals surface area contributed by atoms with Crippen LogP contribution in [0.2, 0.25) is 0 Å². The second-order valence-corrected chi connectivity index (χ2v) is 5.92. The quantitative estimate of drug-likeness (QED) is 0.865. The second kappa shape index (κ2) is 4.98. The fraction of sp³-hybridized carbons (Fsp3) is 0.438. The molecule has 110 valence electrons. The molecule has 2 fully saturated rings. The first kappa shape index (κ1) is 13.8. The smallest absolute Gasteiger partial charge is 0.277 e. The summed E-state index contributed by atoms with van der Waals surface area (Å²) < 4.78 is 0. The van der Waals surface area contributed by atoms with Gasteiger partial charge >= 0.3 is 6.03 Å². The summed E-state index contributed by atoms with van der Waals surface area (Å²) >= 11 is 0. The molecule has 1 saturated carbocycles. The van der Waals surface area contributed by atoms with Gasteiger partial charge in [0, 0.05) is 6.54 Å². The van der Waals surface area contributed by atoms with Crippen molar-refractivity contribution in [1.82, 2.24) is 10.2 Å². The van der Waals surface area contributed by atoms with Crippen molar-refractivity contribution in [2.24, 2.45) is 5.41 Å². The number of barbiturate groups is 1. The molecule has 0 aromatic heterocycles. The standard InChI is InChI=1S/C16H18N2O3/c1-11(12-6-3-2-4-7-12)10-18-14(20)16(8-5-9-16)13(19)17-15(18)21/h2-4,6-7,11H,5,8-10H2,1H3,(H,17,19,21). The molecular weight excluding hydrogens is 268 g/mol. The third kappa shape index (κ3) is 2.13. The van der Waals surface area contributed by atoms with Gasteiger partial charge in [0.15, 0.2) is 0 Å². The van der Waals surface area contributed by atoms with Crippen molar-refractivity contribution >= 4 is 17.8 Å². The molecule has 1 unspecified atom stereocenters. The molecule has 1 aromatic carbocycles. The molecule has 1 aromatic rings. The van der Waals surface area contributed by atoms with E-state index in [9.17, 15) is 14.4 Å². The van der Waals surface area contributed by atoms with Gasteiger partial charge in [-0.3, -0.25) is 19.8 Å². The van der Waals surface area contributed by atoms with Crippen molar-refractivity contribution < 1.29 is 14.4 Å². The molecule has 1 N–H and O–H groups in total. The van der Waals surface area contributed by atoms with Crippen LogP contribution in [0.5, 0.6) is 0 Å². The van der Waals surface area contributed by atoms with Crippen LogP contribution in [0.25, 0.3) is 0 Å². The Bertz CT molecular complexity index is 593. The summed E-state index contributed by atoms with van der Waals surface area (Å²) in [6, 6.07) is 9.15. The molecule has 1 heterocycles. The van der Waals surface area contributed by atoms with Gasteiger partial charge in [-0.1, -0.05) is 43.7 Å². The number of urea groups is 1. The highest BCUT2D eigenvalue weighted by atomic mass is 16.2. The largest absolute Gasteiger partial charge is 0.330 e. The summed E-state index contributed by atoms with van der Waals surface area (Å²) in [5, 5.41) is 2.34. The van der Waals surface area contributed by atoms with Crippen LogP contribution >= 0.6 is 0 Å². The molecule has 0 bridgehead atoms. The van der Waals surface area contributed by atoms with E-state index in [0.29, 0.717) is 19.4 Å². The van der Waals surface area contributed by atoms with Crippen molar-refractivity contribution in [3.8, 4) is 0 Å². The minimum absolute atomic E-state index is 0.0335. The lowest BCUT2D eigenvalue weighted by molar-refractivity contribution is -0.157. The number of carbonyl (C=O) groups is 3. The van der Waals surface area contributed by atoms with Gasteiger partial charge in [0.25, 0.3) is 0 Å². The Morgan fingerprint density at radius 3 is 2.43 bits per heavy atom. The fourth-order valence-corrected chi connectivity index (χ4v) is 3.03. The number of benzene rings is 1. The normalized spacial score (nSPS) is 22.0.